The van der Waals surface area contributed by atoms with Crippen LogP contribution in [0, 0.1) is 5.92 Å². The van der Waals surface area contributed by atoms with Crippen LogP contribution in [0.25, 0.3) is 0 Å². The fraction of sp³-hybridized carbons (Fsp3) is 0.697. The summed E-state index contributed by atoms with van der Waals surface area (Å²) in [7, 11) is 1.29. The fourth-order valence-corrected chi connectivity index (χ4v) is 5.79. The van der Waals surface area contributed by atoms with Crippen molar-refractivity contribution in [3.05, 3.63) is 36.0 Å². The summed E-state index contributed by atoms with van der Waals surface area (Å²) in [6.07, 6.45) is 11.1. The highest BCUT2D eigenvalue weighted by molar-refractivity contribution is 5.88. The third kappa shape index (κ3) is 10.9. The van der Waals surface area contributed by atoms with E-state index in [-0.39, 0.29) is 60.2 Å². The van der Waals surface area contributed by atoms with Crippen LogP contribution in [0.5, 0.6) is 0 Å². The lowest BCUT2D eigenvalue weighted by molar-refractivity contribution is -0.150. The quantitative estimate of drug-likeness (QED) is 0.146. The number of carbonyl (C=O) groups excluding carboxylic acids is 4. The summed E-state index contributed by atoms with van der Waals surface area (Å²) in [5, 5.41) is 5.74. The number of nitrogens with one attached hydrogen (secondary N) is 2. The molecular weight excluding hydrogens is 568 g/mol. The van der Waals surface area contributed by atoms with Gasteiger partial charge in [0.05, 0.1) is 56.2 Å². The summed E-state index contributed by atoms with van der Waals surface area (Å²) in [6, 6.07) is -0.116. The van der Waals surface area contributed by atoms with Gasteiger partial charge in [-0.05, 0) is 59.5 Å². The molecule has 0 aromatic heterocycles. The molecular formula is C33H50N2O9. The topological polar surface area (TPSA) is 142 Å². The van der Waals surface area contributed by atoms with Crippen LogP contribution < -0.4 is 10.6 Å². The van der Waals surface area contributed by atoms with Gasteiger partial charge < -0.3 is 34.3 Å². The first-order chi connectivity index (χ1) is 20.6. The minimum absolute atomic E-state index is 0.0206. The van der Waals surface area contributed by atoms with Crippen molar-refractivity contribution in [3.63, 3.8) is 0 Å². The van der Waals surface area contributed by atoms with E-state index in [0.717, 1.165) is 24.8 Å². The molecule has 3 fully saturated rings. The van der Waals surface area contributed by atoms with Crippen molar-refractivity contribution in [2.75, 3.05) is 13.7 Å². The molecule has 0 aromatic carbocycles. The van der Waals surface area contributed by atoms with Crippen LogP contribution in [-0.2, 0) is 42.9 Å². The fourth-order valence-electron chi connectivity index (χ4n) is 5.79. The van der Waals surface area contributed by atoms with Gasteiger partial charge in [0.1, 0.15) is 11.6 Å². The molecule has 3 aliphatic heterocycles. The van der Waals surface area contributed by atoms with Crippen molar-refractivity contribution in [2.45, 2.75) is 128 Å². The van der Waals surface area contributed by atoms with E-state index >= 15 is 0 Å². The molecule has 0 aromatic rings. The third-order valence-corrected chi connectivity index (χ3v) is 8.31. The average Bonchev–Trinajstić information content (AvgIpc) is 3.67. The molecule has 3 heterocycles. The number of allylic oxidation sites excluding steroid dienone is 2. The Kier molecular flexibility index (Phi) is 12.3. The first kappa shape index (κ1) is 35.5. The van der Waals surface area contributed by atoms with Crippen LogP contribution in [0.2, 0.25) is 0 Å². The second kappa shape index (κ2) is 15.3. The van der Waals surface area contributed by atoms with Crippen molar-refractivity contribution in [3.8, 4) is 0 Å². The lowest BCUT2D eigenvalue weighted by Gasteiger charge is -2.39. The summed E-state index contributed by atoms with van der Waals surface area (Å²) in [5.41, 5.74) is -0.298. The van der Waals surface area contributed by atoms with Crippen molar-refractivity contribution < 1.29 is 42.9 Å². The van der Waals surface area contributed by atoms with Crippen LogP contribution in [0.3, 0.4) is 0 Å². The van der Waals surface area contributed by atoms with E-state index in [1.807, 2.05) is 26.0 Å². The summed E-state index contributed by atoms with van der Waals surface area (Å²) in [6.45, 7) is 13.0. The zero-order valence-electron chi connectivity index (χ0n) is 27.3. The maximum atomic E-state index is 12.7. The van der Waals surface area contributed by atoms with E-state index in [9.17, 15) is 19.2 Å². The van der Waals surface area contributed by atoms with Gasteiger partial charge in [0.25, 0.3) is 0 Å². The maximum Gasteiger partial charge on any atom is 0.330 e. The Morgan fingerprint density at radius 1 is 1.09 bits per heavy atom. The SMILES string of the molecule is COC(=O)C(C)(C)NC(=O)C[C@@H]1C[C@@]2(CO2)C[C@@H](/C=C/C(C)=C/C[C@@H]2O[C@H](C)[C@H](NC(=O)/C=C\[C@H](C)OC(C)=O)C[C@@H]2C)O1. The first-order valence-corrected chi connectivity index (χ1v) is 15.5. The molecule has 44 heavy (non-hydrogen) atoms. The zero-order valence-corrected chi connectivity index (χ0v) is 27.3. The van der Waals surface area contributed by atoms with Crippen molar-refractivity contribution >= 4 is 23.8 Å². The van der Waals surface area contributed by atoms with Gasteiger partial charge in [-0.3, -0.25) is 14.4 Å². The molecule has 0 unspecified atom stereocenters. The van der Waals surface area contributed by atoms with Gasteiger partial charge in [-0.25, -0.2) is 4.79 Å². The van der Waals surface area contributed by atoms with Crippen LogP contribution in [0.4, 0.5) is 0 Å². The molecule has 2 amide bonds. The standard InChI is InChI=1S/C33H50N2O9/c1-20(10-13-28-21(2)15-27(23(4)43-28)34-29(37)14-11-22(3)42-24(5)36)9-12-25-17-33(19-41-33)18-26(44-25)16-30(38)35-32(6,7)31(39)40-8/h9-12,14,21-23,25-28H,13,15-19H2,1-8H3,(H,34,37)(H,35,38)/b12-9+,14-11-,20-10+/t21-,22-,23+,25+,26+,27+,28-,33+/m0/s1. The van der Waals surface area contributed by atoms with Gasteiger partial charge in [0, 0.05) is 25.8 Å². The minimum atomic E-state index is -1.12. The number of amides is 2. The Balaban J connectivity index is 1.48. The molecule has 8 atom stereocenters. The van der Waals surface area contributed by atoms with Crippen LogP contribution in [0.15, 0.2) is 36.0 Å². The second-order valence-electron chi connectivity index (χ2n) is 13.0. The van der Waals surface area contributed by atoms with E-state index in [1.165, 1.54) is 20.1 Å². The largest absolute Gasteiger partial charge is 0.467 e. The number of epoxide rings is 1. The van der Waals surface area contributed by atoms with Gasteiger partial charge >= 0.3 is 11.9 Å². The molecule has 2 N–H and O–H groups in total. The second-order valence-corrected chi connectivity index (χ2v) is 13.0. The predicted molar refractivity (Wildman–Crippen MR) is 163 cm³/mol. The highest BCUT2D eigenvalue weighted by atomic mass is 16.6. The highest BCUT2D eigenvalue weighted by Crippen LogP contribution is 2.43. The number of esters is 2. The van der Waals surface area contributed by atoms with Crippen molar-refractivity contribution in [1.82, 2.24) is 10.6 Å². The Morgan fingerprint density at radius 3 is 2.43 bits per heavy atom. The van der Waals surface area contributed by atoms with E-state index in [1.54, 1.807) is 26.8 Å². The number of carbonyl (C=O) groups is 4. The molecule has 0 bridgehead atoms. The molecule has 1 spiro atoms. The summed E-state index contributed by atoms with van der Waals surface area (Å²) < 4.78 is 28.1. The maximum absolute atomic E-state index is 12.7. The number of hydrogen-bond donors (Lipinski definition) is 2. The van der Waals surface area contributed by atoms with Gasteiger partial charge in [0.2, 0.25) is 11.8 Å². The van der Waals surface area contributed by atoms with E-state index in [4.69, 9.17) is 23.7 Å². The Morgan fingerprint density at radius 2 is 1.80 bits per heavy atom. The van der Waals surface area contributed by atoms with E-state index in [2.05, 4.69) is 23.6 Å². The summed E-state index contributed by atoms with van der Waals surface area (Å²) >= 11 is 0. The monoisotopic (exact) mass is 618 g/mol. The molecule has 0 aliphatic carbocycles. The third-order valence-electron chi connectivity index (χ3n) is 8.31. The molecule has 3 saturated heterocycles. The van der Waals surface area contributed by atoms with Gasteiger partial charge in [-0.15, -0.1) is 0 Å². The number of methoxy groups -OCH3 is 1. The lowest BCUT2D eigenvalue weighted by atomic mass is 9.88. The molecule has 0 radical (unpaired) electrons. The lowest BCUT2D eigenvalue weighted by Crippen LogP contribution is -2.51. The van der Waals surface area contributed by atoms with Crippen LogP contribution >= 0.6 is 0 Å². The molecule has 11 heteroatoms. The Bertz CT molecular complexity index is 1140. The summed E-state index contributed by atoms with van der Waals surface area (Å²) in [4.78, 5) is 48.1. The molecule has 0 saturated carbocycles. The number of ether oxygens (including phenoxy) is 5. The summed E-state index contributed by atoms with van der Waals surface area (Å²) in [5.74, 6) is -1.18. The smallest absolute Gasteiger partial charge is 0.330 e. The highest BCUT2D eigenvalue weighted by Gasteiger charge is 2.51. The zero-order chi connectivity index (χ0) is 32.7. The average molecular weight is 619 g/mol. The first-order valence-electron chi connectivity index (χ1n) is 15.5. The number of hydrogen-bond acceptors (Lipinski definition) is 9. The van der Waals surface area contributed by atoms with Crippen LogP contribution in [-0.4, -0.2) is 85.2 Å². The van der Waals surface area contributed by atoms with Gasteiger partial charge in [-0.2, -0.15) is 0 Å². The molecule has 246 valence electrons. The number of rotatable bonds is 12. The van der Waals surface area contributed by atoms with Crippen LogP contribution in [0.1, 0.15) is 80.6 Å². The Hall–Kier alpha value is -3.02. The molecule has 3 rings (SSSR count). The predicted octanol–water partition coefficient (Wildman–Crippen LogP) is 3.46. The molecule has 11 nitrogen and oxygen atoms in total. The van der Waals surface area contributed by atoms with Gasteiger partial charge in [-0.1, -0.05) is 30.7 Å². The van der Waals surface area contributed by atoms with Crippen molar-refractivity contribution in [2.24, 2.45) is 5.92 Å². The van der Waals surface area contributed by atoms with E-state index < -0.39 is 23.6 Å². The normalized spacial score (nSPS) is 31.5. The van der Waals surface area contributed by atoms with E-state index in [0.29, 0.717) is 13.0 Å². The molecule has 3 aliphatic rings. The minimum Gasteiger partial charge on any atom is -0.467 e. The van der Waals surface area contributed by atoms with Gasteiger partial charge in [0.15, 0.2) is 0 Å². The van der Waals surface area contributed by atoms with Crippen molar-refractivity contribution in [1.29, 1.82) is 0 Å². The Labute approximate surface area is 261 Å².